The van der Waals surface area contributed by atoms with Crippen molar-refractivity contribution in [2.24, 2.45) is 18.4 Å². The number of para-hydroxylation sites is 1. The number of benzene rings is 1. The number of carbonyl (C=O) groups excluding carboxylic acids is 7. The summed E-state index contributed by atoms with van der Waals surface area (Å²) in [5.41, 5.74) is 0.623. The lowest BCUT2D eigenvalue weighted by Gasteiger charge is -2.39. The van der Waals surface area contributed by atoms with Gasteiger partial charge in [0.05, 0.1) is 12.1 Å². The van der Waals surface area contributed by atoms with E-state index in [0.717, 1.165) is 21.4 Å². The average Bonchev–Trinajstić information content (AvgIpc) is 3.78. The van der Waals surface area contributed by atoms with Crippen LogP contribution in [0.2, 0.25) is 0 Å². The maximum absolute atomic E-state index is 14.4. The number of hydrogen-bond donors (Lipinski definition) is 7. The minimum absolute atomic E-state index is 0.0661. The summed E-state index contributed by atoms with van der Waals surface area (Å²) in [4.78, 5) is 117. The summed E-state index contributed by atoms with van der Waals surface area (Å²) in [7, 11) is 5.24. The molecule has 19 heteroatoms. The molecule has 0 bridgehead atoms. The molecule has 0 fully saturated rings. The molecule has 2 heterocycles. The molecule has 1 aromatic carbocycles. The van der Waals surface area contributed by atoms with Gasteiger partial charge >= 0.3 is 11.9 Å². The number of unbranched alkanes of at least 4 members (excludes halogenated alkanes) is 2. The van der Waals surface area contributed by atoms with Crippen molar-refractivity contribution in [1.29, 1.82) is 0 Å². The highest BCUT2D eigenvalue weighted by atomic mass is 16.4. The Morgan fingerprint density at radius 3 is 1.97 bits per heavy atom. The molecule has 7 N–H and O–H groups in total. The normalized spacial score (nSPS) is 15.4. The number of rotatable bonds is 26. The van der Waals surface area contributed by atoms with E-state index in [0.29, 0.717) is 19.3 Å². The van der Waals surface area contributed by atoms with Crippen molar-refractivity contribution in [3.05, 3.63) is 59.8 Å². The maximum atomic E-state index is 14.4. The van der Waals surface area contributed by atoms with Crippen LogP contribution < -0.4 is 26.6 Å². The molecule has 3 rings (SSSR count). The number of carbonyl (C=O) groups is 9. The van der Waals surface area contributed by atoms with Crippen molar-refractivity contribution in [2.75, 3.05) is 27.2 Å². The van der Waals surface area contributed by atoms with Crippen molar-refractivity contribution < 1.29 is 53.4 Å². The Bertz CT molecular complexity index is 2240. The van der Waals surface area contributed by atoms with Gasteiger partial charge in [0.15, 0.2) is 0 Å². The zero-order valence-electron chi connectivity index (χ0n) is 41.4. The lowest BCUT2D eigenvalue weighted by Crippen LogP contribution is -2.61. The van der Waals surface area contributed by atoms with Gasteiger partial charge in [-0.15, -0.1) is 0 Å². The third kappa shape index (κ3) is 15.1. The summed E-state index contributed by atoms with van der Waals surface area (Å²) < 4.78 is 2.02. The maximum Gasteiger partial charge on any atom is 0.326 e. The van der Waals surface area contributed by atoms with Crippen LogP contribution in [-0.2, 0) is 55.6 Å². The van der Waals surface area contributed by atoms with Gasteiger partial charge in [-0.05, 0) is 62.6 Å². The van der Waals surface area contributed by atoms with E-state index in [-0.39, 0.29) is 67.5 Å². The zero-order valence-corrected chi connectivity index (χ0v) is 41.4. The number of nitrogens with one attached hydrogen (secondary N) is 5. The minimum Gasteiger partial charge on any atom is -0.480 e. The highest BCUT2D eigenvalue weighted by Gasteiger charge is 2.42. The van der Waals surface area contributed by atoms with Crippen LogP contribution in [-0.4, -0.2) is 135 Å². The number of nitrogens with zero attached hydrogens (tertiary/aromatic N) is 3. The predicted octanol–water partition coefficient (Wildman–Crippen LogP) is 2.91. The Balaban J connectivity index is 1.59. The summed E-state index contributed by atoms with van der Waals surface area (Å²) in [6.45, 7) is 14.9. The van der Waals surface area contributed by atoms with E-state index in [4.69, 9.17) is 0 Å². The molecule has 19 nitrogen and oxygen atoms in total. The molecule has 1 aromatic heterocycles. The van der Waals surface area contributed by atoms with Gasteiger partial charge in [-0.1, -0.05) is 79.2 Å². The second kappa shape index (κ2) is 24.6. The van der Waals surface area contributed by atoms with Gasteiger partial charge in [-0.3, -0.25) is 38.5 Å². The lowest BCUT2D eigenvalue weighted by atomic mass is 9.76. The first-order chi connectivity index (χ1) is 31.7. The van der Waals surface area contributed by atoms with Gasteiger partial charge in [0, 0.05) is 80.3 Å². The number of hydrogen-bond acceptors (Lipinski definition) is 10. The number of aromatic nitrogens is 1. The topological polar surface area (TPSA) is 266 Å². The van der Waals surface area contributed by atoms with Crippen molar-refractivity contribution in [3.8, 4) is 0 Å². The van der Waals surface area contributed by atoms with Crippen LogP contribution in [0.15, 0.2) is 54.3 Å². The third-order valence-electron chi connectivity index (χ3n) is 12.4. The Morgan fingerprint density at radius 1 is 0.794 bits per heavy atom. The lowest BCUT2D eigenvalue weighted by molar-refractivity contribution is -0.143. The minimum atomic E-state index is -1.53. The molecule has 68 heavy (non-hydrogen) atoms. The van der Waals surface area contributed by atoms with Crippen LogP contribution in [0.3, 0.4) is 0 Å². The molecule has 2 aromatic rings. The molecular formula is C49H72N8O11. The first-order valence-corrected chi connectivity index (χ1v) is 23.1. The summed E-state index contributed by atoms with van der Waals surface area (Å²) in [6.07, 6.45) is 6.72. The number of carboxylic acid groups (broad SMARTS) is 2. The van der Waals surface area contributed by atoms with Crippen LogP contribution in [0.5, 0.6) is 0 Å². The van der Waals surface area contributed by atoms with E-state index < -0.39 is 77.1 Å². The van der Waals surface area contributed by atoms with Crippen molar-refractivity contribution in [1.82, 2.24) is 41.0 Å². The molecule has 7 amide bonds. The Hall–Kier alpha value is -6.37. The van der Waals surface area contributed by atoms with Crippen LogP contribution in [0.25, 0.3) is 10.9 Å². The number of aryl methyl sites for hydroxylation is 1. The summed E-state index contributed by atoms with van der Waals surface area (Å²) in [5, 5.41) is 34.2. The molecular weight excluding hydrogens is 877 g/mol. The summed E-state index contributed by atoms with van der Waals surface area (Å²) in [5.74, 6) is -6.41. The van der Waals surface area contributed by atoms with E-state index >= 15 is 0 Å². The molecule has 5 atom stereocenters. The SMILES string of the molecule is CN[C@H](C(=O)NC(C(=O)N(C)[C@H](/C=C(\C)C(=O)N[C@H](CCC(=O)N[C@@H](CCNC(=O)CCCCCN1C(=O)C=CC1=O)C(=O)O)C(=O)O)C(C)C)C(C)(C)C)C(C)(C)c1cn(C)c2ccccc12. The fraction of sp³-hybridized carbons (Fsp3) is 0.571. The Labute approximate surface area is 398 Å². The fourth-order valence-electron chi connectivity index (χ4n) is 8.30. The van der Waals surface area contributed by atoms with Crippen molar-refractivity contribution in [2.45, 2.75) is 136 Å². The van der Waals surface area contributed by atoms with Crippen molar-refractivity contribution in [3.63, 3.8) is 0 Å². The largest absolute Gasteiger partial charge is 0.480 e. The number of carboxylic acids is 2. The van der Waals surface area contributed by atoms with E-state index in [1.165, 1.54) is 24.0 Å². The van der Waals surface area contributed by atoms with E-state index in [1.54, 1.807) is 20.2 Å². The average molecular weight is 949 g/mol. The van der Waals surface area contributed by atoms with E-state index in [9.17, 15) is 53.4 Å². The molecule has 1 aliphatic rings. The van der Waals surface area contributed by atoms with Crippen molar-refractivity contribution >= 4 is 64.2 Å². The van der Waals surface area contributed by atoms with Gasteiger partial charge in [0.25, 0.3) is 11.8 Å². The molecule has 0 radical (unpaired) electrons. The van der Waals surface area contributed by atoms with Crippen LogP contribution >= 0.6 is 0 Å². The molecule has 0 spiro atoms. The molecule has 0 aliphatic carbocycles. The number of fused-ring (bicyclic) bond motifs is 1. The van der Waals surface area contributed by atoms with Crippen LogP contribution in [0.1, 0.15) is 106 Å². The molecule has 374 valence electrons. The quantitative estimate of drug-likeness (QED) is 0.0408. The standard InChI is InChI=1S/C49H72N8O11/c1-29(2)36(56(11)45(64)42(48(4,5)6)54-44(63)41(50-9)49(7,8)32-28-55(10)35-18-15-14-17-31(32)35)27-30(3)43(62)53-33(46(65)66)20-21-38(59)52-34(47(67)68)24-25-51-37(58)19-13-12-16-26-57-39(60)22-23-40(57)61/h14-15,17-18,22-23,27-29,33-34,36,41-42,50H,12-13,16,19-21,24-26H2,1-11H3,(H,51,58)(H,52,59)(H,53,62)(H,54,63)(H,65,66)(H,67,68)/b30-27+/t33-,34+,36-,41-,42?/m1/s1. The molecule has 0 saturated carbocycles. The number of imide groups is 1. The Kier molecular flexibility index (Phi) is 20.2. The second-order valence-corrected chi connectivity index (χ2v) is 19.4. The zero-order chi connectivity index (χ0) is 51.3. The molecule has 0 saturated heterocycles. The van der Waals surface area contributed by atoms with Crippen LogP contribution in [0, 0.1) is 11.3 Å². The highest BCUT2D eigenvalue weighted by molar-refractivity contribution is 6.12. The van der Waals surface area contributed by atoms with E-state index in [2.05, 4.69) is 26.6 Å². The number of aliphatic carboxylic acids is 2. The molecule has 1 unspecified atom stereocenters. The number of amides is 7. The van der Waals surface area contributed by atoms with Gasteiger partial charge in [-0.25, -0.2) is 9.59 Å². The smallest absolute Gasteiger partial charge is 0.326 e. The summed E-state index contributed by atoms with van der Waals surface area (Å²) >= 11 is 0. The second-order valence-electron chi connectivity index (χ2n) is 19.4. The van der Waals surface area contributed by atoms with Gasteiger partial charge in [0.2, 0.25) is 29.5 Å². The number of likely N-dealkylation sites (N-methyl/N-ethyl adjacent to an activating group) is 2. The predicted molar refractivity (Wildman–Crippen MR) is 256 cm³/mol. The van der Waals surface area contributed by atoms with Gasteiger partial charge < -0.3 is 46.3 Å². The fourth-order valence-corrected chi connectivity index (χ4v) is 8.30. The van der Waals surface area contributed by atoms with Gasteiger partial charge in [-0.2, -0.15) is 0 Å². The summed E-state index contributed by atoms with van der Waals surface area (Å²) in [6, 6.07) is 2.63. The molecule has 1 aliphatic heterocycles. The third-order valence-corrected chi connectivity index (χ3v) is 12.4. The Morgan fingerprint density at radius 2 is 1.40 bits per heavy atom. The monoisotopic (exact) mass is 949 g/mol. The first kappa shape index (κ1) is 56.0. The van der Waals surface area contributed by atoms with Crippen LogP contribution in [0.4, 0.5) is 0 Å². The van der Waals surface area contributed by atoms with E-state index in [1.807, 2.05) is 90.5 Å². The first-order valence-electron chi connectivity index (χ1n) is 23.1. The van der Waals surface area contributed by atoms with Gasteiger partial charge in [0.1, 0.15) is 18.1 Å². The highest BCUT2D eigenvalue weighted by Crippen LogP contribution is 2.35.